The zero-order chi connectivity index (χ0) is 18.3. The highest BCUT2D eigenvalue weighted by Gasteiger charge is 2.41. The van der Waals surface area contributed by atoms with Gasteiger partial charge in [0.25, 0.3) is 0 Å². The van der Waals surface area contributed by atoms with Gasteiger partial charge in [-0.25, -0.2) is 0 Å². The monoisotopic (exact) mass is 373 g/mol. The molecule has 0 spiro atoms. The number of ether oxygens (including phenoxy) is 3. The number of piperidine rings is 1. The summed E-state index contributed by atoms with van der Waals surface area (Å²) >= 11 is 6.08. The van der Waals surface area contributed by atoms with Crippen LogP contribution in [0.4, 0.5) is 0 Å². The molecule has 0 aliphatic carbocycles. The number of nitrogens with zero attached hydrogens (tertiary/aromatic N) is 1. The molecule has 26 heavy (non-hydrogen) atoms. The van der Waals surface area contributed by atoms with Gasteiger partial charge in [0.2, 0.25) is 0 Å². The van der Waals surface area contributed by atoms with Gasteiger partial charge in [-0.15, -0.1) is 0 Å². The number of benzene rings is 2. The van der Waals surface area contributed by atoms with Crippen LogP contribution in [-0.4, -0.2) is 38.8 Å². The van der Waals surface area contributed by atoms with Gasteiger partial charge in [0.1, 0.15) is 6.10 Å². The molecule has 2 aliphatic rings. The molecule has 3 atom stereocenters. The third kappa shape index (κ3) is 2.96. The Balaban J connectivity index is 1.87. The van der Waals surface area contributed by atoms with Gasteiger partial charge in [-0.1, -0.05) is 23.7 Å². The number of likely N-dealkylation sites (N-methyl/N-ethyl adjacent to an activating group) is 1. The molecular weight excluding hydrogens is 350 g/mol. The van der Waals surface area contributed by atoms with E-state index in [4.69, 9.17) is 25.8 Å². The Morgan fingerprint density at radius 1 is 1.04 bits per heavy atom. The van der Waals surface area contributed by atoms with E-state index in [1.807, 2.05) is 24.3 Å². The van der Waals surface area contributed by atoms with Crippen molar-refractivity contribution in [2.24, 2.45) is 0 Å². The molecule has 4 nitrogen and oxygen atoms in total. The van der Waals surface area contributed by atoms with E-state index in [-0.39, 0.29) is 18.2 Å². The molecular formula is C21H24ClNO3. The first-order chi connectivity index (χ1) is 12.6. The molecule has 0 N–H and O–H groups in total. The Labute approximate surface area is 159 Å². The van der Waals surface area contributed by atoms with Crippen LogP contribution in [0.3, 0.4) is 0 Å². The Morgan fingerprint density at radius 3 is 2.35 bits per heavy atom. The lowest BCUT2D eigenvalue weighted by atomic mass is 9.83. The Morgan fingerprint density at radius 2 is 1.69 bits per heavy atom. The van der Waals surface area contributed by atoms with Gasteiger partial charge in [0.05, 0.1) is 26.4 Å². The number of hydrogen-bond donors (Lipinski definition) is 0. The van der Waals surface area contributed by atoms with E-state index in [0.29, 0.717) is 0 Å². The molecule has 0 bridgehead atoms. The van der Waals surface area contributed by atoms with Crippen LogP contribution in [0.1, 0.15) is 41.7 Å². The number of hydrogen-bond acceptors (Lipinski definition) is 4. The maximum Gasteiger partial charge on any atom is 0.161 e. The average molecular weight is 374 g/mol. The van der Waals surface area contributed by atoms with E-state index in [2.05, 4.69) is 24.1 Å². The lowest BCUT2D eigenvalue weighted by Crippen LogP contribution is -2.44. The van der Waals surface area contributed by atoms with Crippen LogP contribution in [0, 0.1) is 0 Å². The van der Waals surface area contributed by atoms with Crippen LogP contribution in [0.2, 0.25) is 5.02 Å². The third-order valence-electron chi connectivity index (χ3n) is 5.50. The van der Waals surface area contributed by atoms with E-state index in [9.17, 15) is 0 Å². The molecule has 0 aromatic heterocycles. The first-order valence-corrected chi connectivity index (χ1v) is 9.37. The summed E-state index contributed by atoms with van der Waals surface area (Å²) in [7, 11) is 5.52. The Hall–Kier alpha value is -1.75. The molecule has 0 amide bonds. The average Bonchev–Trinajstić information content (AvgIpc) is 2.67. The first kappa shape index (κ1) is 17.7. The summed E-state index contributed by atoms with van der Waals surface area (Å²) in [6.45, 7) is 1.07. The maximum absolute atomic E-state index is 6.61. The zero-order valence-electron chi connectivity index (χ0n) is 15.4. The fraction of sp³-hybridized carbons (Fsp3) is 0.429. The Bertz CT molecular complexity index is 793. The molecule has 5 heteroatoms. The number of likely N-dealkylation sites (tertiary alicyclic amines) is 1. The molecule has 0 saturated carbocycles. The summed E-state index contributed by atoms with van der Waals surface area (Å²) in [5.74, 6) is 1.49. The molecule has 2 aliphatic heterocycles. The summed E-state index contributed by atoms with van der Waals surface area (Å²) in [4.78, 5) is 2.39. The van der Waals surface area contributed by atoms with Crippen molar-refractivity contribution in [2.75, 3.05) is 27.8 Å². The van der Waals surface area contributed by atoms with Gasteiger partial charge in [0, 0.05) is 5.02 Å². The summed E-state index contributed by atoms with van der Waals surface area (Å²) in [6, 6.07) is 12.3. The van der Waals surface area contributed by atoms with Crippen molar-refractivity contribution >= 4 is 11.6 Å². The summed E-state index contributed by atoms with van der Waals surface area (Å²) in [5.41, 5.74) is 3.51. The van der Waals surface area contributed by atoms with Crippen LogP contribution in [0.25, 0.3) is 0 Å². The van der Waals surface area contributed by atoms with Crippen molar-refractivity contribution in [2.45, 2.75) is 31.1 Å². The highest BCUT2D eigenvalue weighted by atomic mass is 35.5. The second-order valence-corrected chi connectivity index (χ2v) is 7.45. The maximum atomic E-state index is 6.61. The highest BCUT2D eigenvalue weighted by molar-refractivity contribution is 6.30. The van der Waals surface area contributed by atoms with Crippen molar-refractivity contribution in [1.82, 2.24) is 4.90 Å². The molecule has 0 radical (unpaired) electrons. The zero-order valence-corrected chi connectivity index (χ0v) is 16.1. The second-order valence-electron chi connectivity index (χ2n) is 7.01. The van der Waals surface area contributed by atoms with E-state index < -0.39 is 0 Å². The Kier molecular flexibility index (Phi) is 4.82. The van der Waals surface area contributed by atoms with Gasteiger partial charge in [-0.2, -0.15) is 0 Å². The number of fused-ring (bicyclic) bond motifs is 3. The standard InChI is InChI=1S/C21H24ClNO3/c1-23-10-4-5-17-20(23)15-11-18(24-2)19(25-3)12-16(15)21(26-17)13-6-8-14(22)9-7-13/h6-9,11-12,17,20-21H,4-5,10H2,1-3H3/t17-,20-,21?/m0/s1. The van der Waals surface area contributed by atoms with Crippen LogP contribution in [-0.2, 0) is 4.74 Å². The second kappa shape index (κ2) is 7.10. The van der Waals surface area contributed by atoms with E-state index in [0.717, 1.165) is 47.0 Å². The number of halogens is 1. The summed E-state index contributed by atoms with van der Waals surface area (Å²) in [5, 5.41) is 0.729. The minimum absolute atomic E-state index is 0.130. The van der Waals surface area contributed by atoms with E-state index in [1.165, 1.54) is 5.56 Å². The van der Waals surface area contributed by atoms with Gasteiger partial charge < -0.3 is 14.2 Å². The number of rotatable bonds is 3. The van der Waals surface area contributed by atoms with Crippen molar-refractivity contribution in [3.05, 3.63) is 58.1 Å². The largest absolute Gasteiger partial charge is 0.493 e. The fourth-order valence-corrected chi connectivity index (χ4v) is 4.37. The molecule has 1 unspecified atom stereocenters. The minimum atomic E-state index is -0.130. The smallest absolute Gasteiger partial charge is 0.161 e. The first-order valence-electron chi connectivity index (χ1n) is 8.99. The topological polar surface area (TPSA) is 30.9 Å². The van der Waals surface area contributed by atoms with Crippen molar-refractivity contribution in [1.29, 1.82) is 0 Å². The van der Waals surface area contributed by atoms with E-state index in [1.54, 1.807) is 14.2 Å². The van der Waals surface area contributed by atoms with Crippen molar-refractivity contribution in [3.63, 3.8) is 0 Å². The van der Waals surface area contributed by atoms with Gasteiger partial charge in [-0.3, -0.25) is 4.90 Å². The van der Waals surface area contributed by atoms with E-state index >= 15 is 0 Å². The lowest BCUT2D eigenvalue weighted by Gasteiger charge is -2.46. The summed E-state index contributed by atoms with van der Waals surface area (Å²) in [6.07, 6.45) is 2.25. The third-order valence-corrected chi connectivity index (χ3v) is 5.75. The van der Waals surface area contributed by atoms with Gasteiger partial charge in [0.15, 0.2) is 11.5 Å². The van der Waals surface area contributed by atoms with Crippen LogP contribution in [0.15, 0.2) is 36.4 Å². The molecule has 138 valence electrons. The molecule has 2 aromatic rings. The highest BCUT2D eigenvalue weighted by Crippen LogP contribution is 2.48. The van der Waals surface area contributed by atoms with Gasteiger partial charge in [-0.05, 0) is 67.4 Å². The molecule has 2 aromatic carbocycles. The fourth-order valence-electron chi connectivity index (χ4n) is 4.24. The minimum Gasteiger partial charge on any atom is -0.493 e. The summed E-state index contributed by atoms with van der Waals surface area (Å²) < 4.78 is 17.7. The number of methoxy groups -OCH3 is 2. The predicted octanol–water partition coefficient (Wildman–Crippen LogP) is 4.61. The molecule has 1 saturated heterocycles. The van der Waals surface area contributed by atoms with Gasteiger partial charge >= 0.3 is 0 Å². The SMILES string of the molecule is COc1cc2c(cc1OC)[C@H]1[C@H](CCCN1C)OC2c1ccc(Cl)cc1. The van der Waals surface area contributed by atoms with Crippen LogP contribution in [0.5, 0.6) is 11.5 Å². The normalized spacial score (nSPS) is 25.3. The van der Waals surface area contributed by atoms with Crippen molar-refractivity contribution in [3.8, 4) is 11.5 Å². The lowest BCUT2D eigenvalue weighted by molar-refractivity contribution is -0.0793. The quantitative estimate of drug-likeness (QED) is 0.786. The molecule has 2 heterocycles. The van der Waals surface area contributed by atoms with Crippen LogP contribution < -0.4 is 9.47 Å². The predicted molar refractivity (Wildman–Crippen MR) is 102 cm³/mol. The van der Waals surface area contributed by atoms with Crippen LogP contribution >= 0.6 is 11.6 Å². The van der Waals surface area contributed by atoms with Crippen molar-refractivity contribution < 1.29 is 14.2 Å². The molecule has 1 fully saturated rings. The molecule has 4 rings (SSSR count).